The van der Waals surface area contributed by atoms with Crippen LogP contribution in [0.25, 0.3) is 0 Å². The van der Waals surface area contributed by atoms with Crippen LogP contribution in [0.5, 0.6) is 5.75 Å². The van der Waals surface area contributed by atoms with Crippen molar-refractivity contribution in [1.82, 2.24) is 0 Å². The van der Waals surface area contributed by atoms with Gasteiger partial charge in [0, 0.05) is 18.3 Å². The molecule has 2 fully saturated rings. The van der Waals surface area contributed by atoms with E-state index in [4.69, 9.17) is 9.47 Å². The standard InChI is InChI=1S/C15H18O3/c1-14-10-15(14,9-3-4-13(16)18-14)11-5-7-12(17-2)8-6-11/h5-8H,3-4,9-10H2,1-2H3. The summed E-state index contributed by atoms with van der Waals surface area (Å²) in [6, 6.07) is 8.16. The maximum absolute atomic E-state index is 11.6. The Morgan fingerprint density at radius 2 is 2.00 bits per heavy atom. The van der Waals surface area contributed by atoms with Crippen LogP contribution in [-0.2, 0) is 14.9 Å². The average molecular weight is 246 g/mol. The summed E-state index contributed by atoms with van der Waals surface area (Å²) >= 11 is 0. The summed E-state index contributed by atoms with van der Waals surface area (Å²) in [6.07, 6.45) is 3.44. The molecule has 2 unspecified atom stereocenters. The topological polar surface area (TPSA) is 35.5 Å². The van der Waals surface area contributed by atoms with Gasteiger partial charge in [0.15, 0.2) is 0 Å². The van der Waals surface area contributed by atoms with Crippen molar-refractivity contribution in [2.24, 2.45) is 0 Å². The minimum atomic E-state index is -0.296. The molecule has 1 saturated heterocycles. The van der Waals surface area contributed by atoms with Gasteiger partial charge in [0.1, 0.15) is 11.4 Å². The summed E-state index contributed by atoms with van der Waals surface area (Å²) in [5, 5.41) is 0. The van der Waals surface area contributed by atoms with Crippen molar-refractivity contribution in [1.29, 1.82) is 0 Å². The van der Waals surface area contributed by atoms with Crippen LogP contribution in [0.1, 0.15) is 38.2 Å². The van der Waals surface area contributed by atoms with Crippen molar-refractivity contribution in [2.45, 2.75) is 43.6 Å². The van der Waals surface area contributed by atoms with Crippen LogP contribution >= 0.6 is 0 Å². The molecular weight excluding hydrogens is 228 g/mol. The monoisotopic (exact) mass is 246 g/mol. The van der Waals surface area contributed by atoms with Crippen molar-refractivity contribution in [3.8, 4) is 5.75 Å². The molecule has 1 aliphatic carbocycles. The number of fused-ring (bicyclic) bond motifs is 1. The third-order valence-electron chi connectivity index (χ3n) is 4.49. The maximum atomic E-state index is 11.6. The van der Waals surface area contributed by atoms with Crippen molar-refractivity contribution in [2.75, 3.05) is 7.11 Å². The lowest BCUT2D eigenvalue weighted by molar-refractivity contribution is -0.150. The molecule has 2 atom stereocenters. The molecule has 1 saturated carbocycles. The summed E-state index contributed by atoms with van der Waals surface area (Å²) in [5.41, 5.74) is 1.00. The highest BCUT2D eigenvalue weighted by atomic mass is 16.6. The van der Waals surface area contributed by atoms with Crippen LogP contribution in [0, 0.1) is 0 Å². The number of methoxy groups -OCH3 is 1. The number of carbonyl (C=O) groups is 1. The second-order valence-corrected chi connectivity index (χ2v) is 5.55. The minimum Gasteiger partial charge on any atom is -0.497 e. The number of rotatable bonds is 2. The molecule has 0 amide bonds. The van der Waals surface area contributed by atoms with E-state index < -0.39 is 0 Å². The molecule has 1 aliphatic heterocycles. The Morgan fingerprint density at radius 1 is 1.28 bits per heavy atom. The first-order valence-corrected chi connectivity index (χ1v) is 6.46. The fraction of sp³-hybridized carbons (Fsp3) is 0.533. The van der Waals surface area contributed by atoms with Crippen LogP contribution in [-0.4, -0.2) is 18.7 Å². The molecule has 0 aromatic heterocycles. The molecular formula is C15H18O3. The van der Waals surface area contributed by atoms with Gasteiger partial charge in [-0.3, -0.25) is 4.79 Å². The van der Waals surface area contributed by atoms with E-state index in [1.165, 1.54) is 5.56 Å². The molecule has 2 aliphatic rings. The van der Waals surface area contributed by atoms with Gasteiger partial charge in [-0.1, -0.05) is 12.1 Å². The van der Waals surface area contributed by atoms with Crippen molar-refractivity contribution in [3.05, 3.63) is 29.8 Å². The first kappa shape index (κ1) is 11.6. The first-order valence-electron chi connectivity index (χ1n) is 6.46. The van der Waals surface area contributed by atoms with Crippen molar-refractivity contribution < 1.29 is 14.3 Å². The normalized spacial score (nSPS) is 34.2. The third kappa shape index (κ3) is 1.53. The summed E-state index contributed by atoms with van der Waals surface area (Å²) in [7, 11) is 1.67. The van der Waals surface area contributed by atoms with Gasteiger partial charge in [0.2, 0.25) is 0 Å². The zero-order valence-electron chi connectivity index (χ0n) is 10.9. The molecule has 0 bridgehead atoms. The predicted octanol–water partition coefficient (Wildman–Crippen LogP) is 2.82. The number of esters is 1. The van der Waals surface area contributed by atoms with E-state index in [9.17, 15) is 4.79 Å². The van der Waals surface area contributed by atoms with Crippen LogP contribution in [0.3, 0.4) is 0 Å². The molecule has 18 heavy (non-hydrogen) atoms. The highest BCUT2D eigenvalue weighted by molar-refractivity contribution is 5.71. The van der Waals surface area contributed by atoms with E-state index in [1.807, 2.05) is 12.1 Å². The van der Waals surface area contributed by atoms with Gasteiger partial charge in [-0.05, 0) is 37.5 Å². The number of carbonyl (C=O) groups excluding carboxylic acids is 1. The molecule has 1 heterocycles. The number of ether oxygens (including phenoxy) is 2. The zero-order valence-corrected chi connectivity index (χ0v) is 10.9. The lowest BCUT2D eigenvalue weighted by Crippen LogP contribution is -2.24. The Labute approximate surface area is 107 Å². The summed E-state index contributed by atoms with van der Waals surface area (Å²) < 4.78 is 10.8. The highest BCUT2D eigenvalue weighted by Gasteiger charge is 2.68. The zero-order chi connectivity index (χ0) is 12.8. The molecule has 3 heteroatoms. The Kier molecular flexibility index (Phi) is 2.40. The average Bonchev–Trinajstić information content (AvgIpc) is 2.96. The lowest BCUT2D eigenvalue weighted by Gasteiger charge is -2.20. The van der Waals surface area contributed by atoms with E-state index in [-0.39, 0.29) is 17.0 Å². The van der Waals surface area contributed by atoms with E-state index in [2.05, 4.69) is 19.1 Å². The lowest BCUT2D eigenvalue weighted by atomic mass is 9.87. The fourth-order valence-corrected chi connectivity index (χ4v) is 3.32. The third-order valence-corrected chi connectivity index (χ3v) is 4.49. The largest absolute Gasteiger partial charge is 0.497 e. The maximum Gasteiger partial charge on any atom is 0.306 e. The summed E-state index contributed by atoms with van der Waals surface area (Å²) in [5.74, 6) is 0.813. The van der Waals surface area contributed by atoms with E-state index in [0.29, 0.717) is 6.42 Å². The molecule has 1 aromatic rings. The highest BCUT2D eigenvalue weighted by Crippen LogP contribution is 2.63. The Balaban J connectivity index is 1.93. The van der Waals surface area contributed by atoms with Gasteiger partial charge >= 0.3 is 5.97 Å². The molecule has 3 rings (SSSR count). The number of hydrogen-bond acceptors (Lipinski definition) is 3. The molecule has 0 spiro atoms. The van der Waals surface area contributed by atoms with Crippen molar-refractivity contribution >= 4 is 5.97 Å². The van der Waals surface area contributed by atoms with Crippen LogP contribution < -0.4 is 4.74 Å². The summed E-state index contributed by atoms with van der Waals surface area (Å²) in [6.45, 7) is 2.06. The Morgan fingerprint density at radius 3 is 2.67 bits per heavy atom. The van der Waals surface area contributed by atoms with E-state index >= 15 is 0 Å². The van der Waals surface area contributed by atoms with Crippen molar-refractivity contribution in [3.63, 3.8) is 0 Å². The van der Waals surface area contributed by atoms with Gasteiger partial charge in [0.05, 0.1) is 7.11 Å². The smallest absolute Gasteiger partial charge is 0.306 e. The fourth-order valence-electron chi connectivity index (χ4n) is 3.32. The number of hydrogen-bond donors (Lipinski definition) is 0. The van der Waals surface area contributed by atoms with Crippen LogP contribution in [0.4, 0.5) is 0 Å². The van der Waals surface area contributed by atoms with Crippen LogP contribution in [0.15, 0.2) is 24.3 Å². The van der Waals surface area contributed by atoms with Gasteiger partial charge in [0.25, 0.3) is 0 Å². The molecule has 1 aromatic carbocycles. The quantitative estimate of drug-likeness (QED) is 0.753. The Hall–Kier alpha value is -1.51. The van der Waals surface area contributed by atoms with Gasteiger partial charge in [-0.15, -0.1) is 0 Å². The summed E-state index contributed by atoms with van der Waals surface area (Å²) in [4.78, 5) is 11.6. The molecule has 0 radical (unpaired) electrons. The van der Waals surface area contributed by atoms with Gasteiger partial charge < -0.3 is 9.47 Å². The molecule has 96 valence electrons. The second-order valence-electron chi connectivity index (χ2n) is 5.55. The predicted molar refractivity (Wildman–Crippen MR) is 67.6 cm³/mol. The number of benzene rings is 1. The molecule has 3 nitrogen and oxygen atoms in total. The Bertz CT molecular complexity index is 479. The first-order chi connectivity index (χ1) is 8.60. The van der Waals surface area contributed by atoms with Gasteiger partial charge in [-0.2, -0.15) is 0 Å². The van der Waals surface area contributed by atoms with E-state index in [1.54, 1.807) is 7.11 Å². The van der Waals surface area contributed by atoms with Gasteiger partial charge in [-0.25, -0.2) is 0 Å². The van der Waals surface area contributed by atoms with Crippen LogP contribution in [0.2, 0.25) is 0 Å². The SMILES string of the molecule is COc1ccc(C23CCCC(=O)OC2(C)C3)cc1. The minimum absolute atomic E-state index is 0.0332. The second kappa shape index (κ2) is 3.74. The molecule has 0 N–H and O–H groups in total. The van der Waals surface area contributed by atoms with E-state index in [0.717, 1.165) is 25.0 Å².